The van der Waals surface area contributed by atoms with Gasteiger partial charge < -0.3 is 0 Å². The number of likely N-dealkylation sites (tertiary alicyclic amines) is 1. The van der Waals surface area contributed by atoms with Crippen LogP contribution in [0.2, 0.25) is 0 Å². The Morgan fingerprint density at radius 3 is 2.75 bits per heavy atom. The predicted octanol–water partition coefficient (Wildman–Crippen LogP) is 3.01. The predicted molar refractivity (Wildman–Crippen MR) is 66.5 cm³/mol. The van der Waals surface area contributed by atoms with Gasteiger partial charge in [-0.25, -0.2) is 0 Å². The van der Waals surface area contributed by atoms with Gasteiger partial charge in [0.1, 0.15) is 5.78 Å². The standard InChI is InChI=1S/C14H25NO/c1-14(2)7-4-9-15(10-8-14)12-5-3-6-13(16)11-12/h12H,3-11H2,1-2H3. The molecule has 0 radical (unpaired) electrons. The van der Waals surface area contributed by atoms with Crippen molar-refractivity contribution in [1.29, 1.82) is 0 Å². The molecule has 2 heteroatoms. The van der Waals surface area contributed by atoms with Gasteiger partial charge in [0.15, 0.2) is 0 Å². The summed E-state index contributed by atoms with van der Waals surface area (Å²) in [6, 6.07) is 0.565. The molecule has 2 rings (SSSR count). The minimum absolute atomic E-state index is 0.486. The molecule has 0 aromatic carbocycles. The van der Waals surface area contributed by atoms with Crippen LogP contribution in [-0.4, -0.2) is 29.8 Å². The number of rotatable bonds is 1. The number of ketones is 1. The van der Waals surface area contributed by atoms with Crippen molar-refractivity contribution < 1.29 is 4.79 Å². The molecule has 2 nitrogen and oxygen atoms in total. The van der Waals surface area contributed by atoms with E-state index in [2.05, 4.69) is 18.7 Å². The highest BCUT2D eigenvalue weighted by molar-refractivity contribution is 5.79. The first-order valence-corrected chi connectivity index (χ1v) is 6.83. The van der Waals surface area contributed by atoms with Gasteiger partial charge in [0, 0.05) is 18.9 Å². The minimum atomic E-state index is 0.486. The Bertz CT molecular complexity index is 259. The van der Waals surface area contributed by atoms with E-state index in [9.17, 15) is 4.79 Å². The fourth-order valence-electron chi connectivity index (χ4n) is 3.12. The second-order valence-electron chi connectivity index (χ2n) is 6.34. The van der Waals surface area contributed by atoms with Crippen LogP contribution in [0.15, 0.2) is 0 Å². The summed E-state index contributed by atoms with van der Waals surface area (Å²) >= 11 is 0. The number of nitrogens with zero attached hydrogens (tertiary/aromatic N) is 1. The molecule has 0 amide bonds. The van der Waals surface area contributed by atoms with Gasteiger partial charge in [0.2, 0.25) is 0 Å². The summed E-state index contributed by atoms with van der Waals surface area (Å²) in [4.78, 5) is 14.1. The summed E-state index contributed by atoms with van der Waals surface area (Å²) in [5.74, 6) is 0.486. The summed E-state index contributed by atoms with van der Waals surface area (Å²) in [5.41, 5.74) is 0.507. The lowest BCUT2D eigenvalue weighted by Crippen LogP contribution is -2.39. The molecule has 1 unspecified atom stereocenters. The Balaban J connectivity index is 1.91. The number of hydrogen-bond donors (Lipinski definition) is 0. The first kappa shape index (κ1) is 12.1. The third-order valence-electron chi connectivity index (χ3n) is 4.35. The lowest BCUT2D eigenvalue weighted by atomic mass is 9.85. The lowest BCUT2D eigenvalue weighted by molar-refractivity contribution is -0.122. The summed E-state index contributed by atoms with van der Waals surface area (Å²) in [7, 11) is 0. The fourth-order valence-corrected chi connectivity index (χ4v) is 3.12. The molecule has 1 saturated heterocycles. The van der Waals surface area contributed by atoms with Gasteiger partial charge in [-0.2, -0.15) is 0 Å². The van der Waals surface area contributed by atoms with E-state index in [4.69, 9.17) is 0 Å². The van der Waals surface area contributed by atoms with E-state index < -0.39 is 0 Å². The smallest absolute Gasteiger partial charge is 0.134 e. The number of carbonyl (C=O) groups is 1. The zero-order valence-electron chi connectivity index (χ0n) is 10.8. The molecule has 2 aliphatic rings. The third kappa shape index (κ3) is 3.07. The van der Waals surface area contributed by atoms with Gasteiger partial charge in [-0.3, -0.25) is 9.69 Å². The van der Waals surface area contributed by atoms with Crippen LogP contribution in [0.1, 0.15) is 58.8 Å². The summed E-state index contributed by atoms with van der Waals surface area (Å²) < 4.78 is 0. The Morgan fingerprint density at radius 1 is 1.19 bits per heavy atom. The van der Waals surface area contributed by atoms with E-state index in [0.29, 0.717) is 17.2 Å². The molecule has 0 aromatic heterocycles. The molecule has 92 valence electrons. The maximum absolute atomic E-state index is 11.5. The van der Waals surface area contributed by atoms with E-state index in [1.54, 1.807) is 0 Å². The van der Waals surface area contributed by atoms with E-state index >= 15 is 0 Å². The monoisotopic (exact) mass is 223 g/mol. The second-order valence-corrected chi connectivity index (χ2v) is 6.34. The number of hydrogen-bond acceptors (Lipinski definition) is 2. The molecule has 0 bridgehead atoms. The van der Waals surface area contributed by atoms with Crippen molar-refractivity contribution in [2.45, 2.75) is 64.8 Å². The average Bonchev–Trinajstić information content (AvgIpc) is 2.39. The van der Waals surface area contributed by atoms with E-state index in [1.165, 1.54) is 38.8 Å². The molecule has 1 saturated carbocycles. The van der Waals surface area contributed by atoms with Crippen LogP contribution in [-0.2, 0) is 4.79 Å². The van der Waals surface area contributed by atoms with Gasteiger partial charge in [0.05, 0.1) is 0 Å². The van der Waals surface area contributed by atoms with Crippen molar-refractivity contribution in [3.05, 3.63) is 0 Å². The van der Waals surface area contributed by atoms with Crippen LogP contribution in [0.5, 0.6) is 0 Å². The molecule has 1 heterocycles. The lowest BCUT2D eigenvalue weighted by Gasteiger charge is -2.33. The van der Waals surface area contributed by atoms with Crippen molar-refractivity contribution in [2.75, 3.05) is 13.1 Å². The first-order valence-electron chi connectivity index (χ1n) is 6.83. The number of carbonyl (C=O) groups excluding carboxylic acids is 1. The third-order valence-corrected chi connectivity index (χ3v) is 4.35. The Morgan fingerprint density at radius 2 is 2.00 bits per heavy atom. The van der Waals surface area contributed by atoms with Crippen LogP contribution < -0.4 is 0 Å². The highest BCUT2D eigenvalue weighted by atomic mass is 16.1. The van der Waals surface area contributed by atoms with E-state index in [1.807, 2.05) is 0 Å². The summed E-state index contributed by atoms with van der Waals surface area (Å²) in [6.45, 7) is 7.16. The second kappa shape index (κ2) is 4.87. The van der Waals surface area contributed by atoms with Crippen molar-refractivity contribution in [2.24, 2.45) is 5.41 Å². The normalized spacial score (nSPS) is 32.4. The SMILES string of the molecule is CC1(C)CCCN(C2CCCC(=O)C2)CC1. The minimum Gasteiger partial charge on any atom is -0.300 e. The Kier molecular flexibility index (Phi) is 3.68. The highest BCUT2D eigenvalue weighted by Crippen LogP contribution is 2.32. The Labute approximate surface area is 99.4 Å². The largest absolute Gasteiger partial charge is 0.300 e. The molecular formula is C14H25NO. The fraction of sp³-hybridized carbons (Fsp3) is 0.929. The topological polar surface area (TPSA) is 20.3 Å². The average molecular weight is 223 g/mol. The van der Waals surface area contributed by atoms with Gasteiger partial charge in [0.25, 0.3) is 0 Å². The summed E-state index contributed by atoms with van der Waals surface area (Å²) in [5, 5.41) is 0. The highest BCUT2D eigenvalue weighted by Gasteiger charge is 2.29. The van der Waals surface area contributed by atoms with Gasteiger partial charge >= 0.3 is 0 Å². The molecule has 1 atom stereocenters. The first-order chi connectivity index (χ1) is 7.57. The van der Waals surface area contributed by atoms with Gasteiger partial charge in [-0.1, -0.05) is 13.8 Å². The van der Waals surface area contributed by atoms with Crippen LogP contribution in [0.4, 0.5) is 0 Å². The van der Waals surface area contributed by atoms with Gasteiger partial charge in [-0.15, -0.1) is 0 Å². The molecule has 1 aliphatic heterocycles. The van der Waals surface area contributed by atoms with Crippen molar-refractivity contribution >= 4 is 5.78 Å². The van der Waals surface area contributed by atoms with Crippen LogP contribution in [0.3, 0.4) is 0 Å². The van der Waals surface area contributed by atoms with Crippen molar-refractivity contribution in [3.8, 4) is 0 Å². The quantitative estimate of drug-likeness (QED) is 0.681. The van der Waals surface area contributed by atoms with Crippen molar-refractivity contribution in [3.63, 3.8) is 0 Å². The molecule has 0 spiro atoms. The van der Waals surface area contributed by atoms with Crippen LogP contribution in [0.25, 0.3) is 0 Å². The zero-order valence-corrected chi connectivity index (χ0v) is 10.8. The summed E-state index contributed by atoms with van der Waals surface area (Å²) in [6.07, 6.45) is 7.94. The molecule has 0 N–H and O–H groups in total. The number of Topliss-reactive ketones (excluding diaryl/α,β-unsaturated/α-hetero) is 1. The maximum atomic E-state index is 11.5. The zero-order chi connectivity index (χ0) is 11.6. The maximum Gasteiger partial charge on any atom is 0.134 e. The molecule has 16 heavy (non-hydrogen) atoms. The molecule has 0 aromatic rings. The van der Waals surface area contributed by atoms with Gasteiger partial charge in [-0.05, 0) is 50.6 Å². The molecule has 1 aliphatic carbocycles. The van der Waals surface area contributed by atoms with Crippen LogP contribution >= 0.6 is 0 Å². The van der Waals surface area contributed by atoms with E-state index in [0.717, 1.165) is 19.3 Å². The molecular weight excluding hydrogens is 198 g/mol. The molecule has 2 fully saturated rings. The van der Waals surface area contributed by atoms with E-state index in [-0.39, 0.29) is 0 Å². The Hall–Kier alpha value is -0.370. The van der Waals surface area contributed by atoms with Crippen molar-refractivity contribution in [1.82, 2.24) is 4.90 Å². The van der Waals surface area contributed by atoms with Crippen LogP contribution in [0, 0.1) is 5.41 Å².